The van der Waals surface area contributed by atoms with Crippen LogP contribution in [0.25, 0.3) is 0 Å². The summed E-state index contributed by atoms with van der Waals surface area (Å²) in [4.78, 5) is 19.6. The second-order valence-corrected chi connectivity index (χ2v) is 7.49. The highest BCUT2D eigenvalue weighted by Crippen LogP contribution is 2.15. The second-order valence-electron chi connectivity index (χ2n) is 7.05. The number of nitrogens with zero attached hydrogens (tertiary/aromatic N) is 2. The number of amides is 2. The van der Waals surface area contributed by atoms with Gasteiger partial charge in [0.2, 0.25) is 5.96 Å². The summed E-state index contributed by atoms with van der Waals surface area (Å²) >= 11 is 5.92. The number of carbonyl (C=O) groups is 1. The lowest BCUT2D eigenvalue weighted by Gasteiger charge is -2.26. The Morgan fingerprint density at radius 3 is 2.10 bits per heavy atom. The van der Waals surface area contributed by atoms with Gasteiger partial charge in [-0.2, -0.15) is 0 Å². The molecule has 2 N–H and O–H groups in total. The van der Waals surface area contributed by atoms with E-state index in [0.717, 1.165) is 44.5 Å². The highest BCUT2D eigenvalue weighted by molar-refractivity contribution is 6.30. The third-order valence-corrected chi connectivity index (χ3v) is 4.71. The van der Waals surface area contributed by atoms with Crippen LogP contribution in [0, 0.1) is 6.92 Å². The van der Waals surface area contributed by atoms with E-state index < -0.39 is 0 Å². The lowest BCUT2D eigenvalue weighted by molar-refractivity contribution is 0.254. The molecule has 5 nitrogen and oxygen atoms in total. The topological polar surface area (TPSA) is 56.7 Å². The van der Waals surface area contributed by atoms with Crippen LogP contribution in [-0.2, 0) is 0 Å². The minimum absolute atomic E-state index is 0.323. The highest BCUT2D eigenvalue weighted by Gasteiger charge is 2.14. The minimum Gasteiger partial charge on any atom is -0.342 e. The number of urea groups is 1. The van der Waals surface area contributed by atoms with Gasteiger partial charge < -0.3 is 10.2 Å². The van der Waals surface area contributed by atoms with Gasteiger partial charge in [0.15, 0.2) is 0 Å². The number of unbranched alkanes of at least 4 members (excludes halogenated alkanes) is 2. The Morgan fingerprint density at radius 1 is 0.966 bits per heavy atom. The molecule has 0 saturated carbocycles. The molecule has 0 atom stereocenters. The summed E-state index contributed by atoms with van der Waals surface area (Å²) in [5.74, 6) is 0.571. The van der Waals surface area contributed by atoms with E-state index >= 15 is 0 Å². The molecule has 0 heterocycles. The summed E-state index contributed by atoms with van der Waals surface area (Å²) < 4.78 is 0. The summed E-state index contributed by atoms with van der Waals surface area (Å²) in [7, 11) is 0. The molecular formula is C23H31ClN4O. The first-order valence-corrected chi connectivity index (χ1v) is 10.6. The maximum atomic E-state index is 12.6. The van der Waals surface area contributed by atoms with Crippen molar-refractivity contribution in [2.75, 3.05) is 18.4 Å². The van der Waals surface area contributed by atoms with E-state index in [-0.39, 0.29) is 6.03 Å². The van der Waals surface area contributed by atoms with Crippen LogP contribution in [0.1, 0.15) is 45.1 Å². The molecule has 29 heavy (non-hydrogen) atoms. The number of aryl methyl sites for hydroxylation is 1. The SMILES string of the molecule is CCCCN(CCCC)C(=Nc1ccc(C)cc1)NC(=O)Nc1ccc(Cl)cc1. The highest BCUT2D eigenvalue weighted by atomic mass is 35.5. The Balaban J connectivity index is 2.22. The number of rotatable bonds is 8. The second kappa shape index (κ2) is 12.1. The van der Waals surface area contributed by atoms with Gasteiger partial charge in [0.25, 0.3) is 0 Å². The predicted molar refractivity (Wildman–Crippen MR) is 123 cm³/mol. The van der Waals surface area contributed by atoms with Gasteiger partial charge in [-0.05, 0) is 56.2 Å². The average molecular weight is 415 g/mol. The Labute approximate surface area is 179 Å². The third kappa shape index (κ3) is 8.16. The van der Waals surface area contributed by atoms with Crippen LogP contribution in [0.3, 0.4) is 0 Å². The van der Waals surface area contributed by atoms with Crippen LogP contribution in [0.2, 0.25) is 5.02 Å². The van der Waals surface area contributed by atoms with Crippen LogP contribution >= 0.6 is 11.6 Å². The van der Waals surface area contributed by atoms with Gasteiger partial charge in [-0.1, -0.05) is 56.0 Å². The fraction of sp³-hybridized carbons (Fsp3) is 0.391. The molecule has 2 aromatic carbocycles. The monoisotopic (exact) mass is 414 g/mol. The van der Waals surface area contributed by atoms with Crippen molar-refractivity contribution in [1.29, 1.82) is 0 Å². The van der Waals surface area contributed by atoms with E-state index in [1.54, 1.807) is 24.3 Å². The summed E-state index contributed by atoms with van der Waals surface area (Å²) in [5.41, 5.74) is 2.67. The smallest absolute Gasteiger partial charge is 0.326 e. The van der Waals surface area contributed by atoms with Gasteiger partial charge in [-0.25, -0.2) is 9.79 Å². The zero-order valence-corrected chi connectivity index (χ0v) is 18.3. The first kappa shape index (κ1) is 22.8. The van der Waals surface area contributed by atoms with E-state index in [1.165, 1.54) is 5.56 Å². The number of nitrogens with one attached hydrogen (secondary N) is 2. The first-order chi connectivity index (χ1) is 14.0. The third-order valence-electron chi connectivity index (χ3n) is 4.46. The van der Waals surface area contributed by atoms with E-state index in [2.05, 4.69) is 29.4 Å². The van der Waals surface area contributed by atoms with Crippen molar-refractivity contribution in [3.8, 4) is 0 Å². The molecule has 0 saturated heterocycles. The predicted octanol–water partition coefficient (Wildman–Crippen LogP) is 6.36. The summed E-state index contributed by atoms with van der Waals surface area (Å²) in [6, 6.07) is 14.7. The van der Waals surface area contributed by atoms with Crippen molar-refractivity contribution in [3.05, 3.63) is 59.1 Å². The van der Waals surface area contributed by atoms with Crippen LogP contribution in [0.4, 0.5) is 16.2 Å². The quantitative estimate of drug-likeness (QED) is 0.390. The lowest BCUT2D eigenvalue weighted by atomic mass is 10.2. The maximum absolute atomic E-state index is 12.6. The molecule has 2 aromatic rings. The number of halogens is 1. The van der Waals surface area contributed by atoms with Gasteiger partial charge in [0, 0.05) is 23.8 Å². The summed E-state index contributed by atoms with van der Waals surface area (Å²) in [6.07, 6.45) is 4.24. The first-order valence-electron chi connectivity index (χ1n) is 10.3. The maximum Gasteiger partial charge on any atom is 0.326 e. The molecule has 0 spiro atoms. The molecule has 0 aliphatic carbocycles. The molecule has 0 radical (unpaired) electrons. The molecular weight excluding hydrogens is 384 g/mol. The van der Waals surface area contributed by atoms with Crippen molar-refractivity contribution in [1.82, 2.24) is 10.2 Å². The van der Waals surface area contributed by atoms with E-state index in [0.29, 0.717) is 16.7 Å². The number of carbonyl (C=O) groups excluding carboxylic acids is 1. The molecule has 0 aromatic heterocycles. The normalized spacial score (nSPS) is 11.2. The van der Waals surface area contributed by atoms with Gasteiger partial charge >= 0.3 is 6.03 Å². The number of benzene rings is 2. The lowest BCUT2D eigenvalue weighted by Crippen LogP contribution is -2.46. The fourth-order valence-electron chi connectivity index (χ4n) is 2.74. The van der Waals surface area contributed by atoms with Crippen molar-refractivity contribution in [2.24, 2.45) is 4.99 Å². The summed E-state index contributed by atoms with van der Waals surface area (Å²) in [5, 5.41) is 6.43. The molecule has 2 amide bonds. The zero-order chi connectivity index (χ0) is 21.1. The van der Waals surface area contributed by atoms with E-state index in [4.69, 9.17) is 16.6 Å². The van der Waals surface area contributed by atoms with E-state index in [9.17, 15) is 4.79 Å². The van der Waals surface area contributed by atoms with Gasteiger partial charge in [-0.15, -0.1) is 0 Å². The Bertz CT molecular complexity index is 780. The van der Waals surface area contributed by atoms with Crippen molar-refractivity contribution >= 4 is 35.0 Å². The van der Waals surface area contributed by atoms with Crippen LogP contribution < -0.4 is 10.6 Å². The number of guanidine groups is 1. The fourth-order valence-corrected chi connectivity index (χ4v) is 2.86. The molecule has 0 bridgehead atoms. The van der Waals surface area contributed by atoms with Gasteiger partial charge in [-0.3, -0.25) is 5.32 Å². The number of anilines is 1. The number of hydrogen-bond acceptors (Lipinski definition) is 2. The average Bonchev–Trinajstić information content (AvgIpc) is 2.71. The van der Waals surface area contributed by atoms with Crippen LogP contribution in [0.15, 0.2) is 53.5 Å². The molecule has 2 rings (SSSR count). The molecule has 6 heteroatoms. The van der Waals surface area contributed by atoms with Crippen molar-refractivity contribution in [3.63, 3.8) is 0 Å². The summed E-state index contributed by atoms with van der Waals surface area (Å²) in [6.45, 7) is 8.07. The Hall–Kier alpha value is -2.53. The van der Waals surface area contributed by atoms with Gasteiger partial charge in [0.05, 0.1) is 5.69 Å². The van der Waals surface area contributed by atoms with E-state index in [1.807, 2.05) is 31.2 Å². The number of hydrogen-bond donors (Lipinski definition) is 2. The van der Waals surface area contributed by atoms with Crippen LogP contribution in [-0.4, -0.2) is 30.0 Å². The largest absolute Gasteiger partial charge is 0.342 e. The Morgan fingerprint density at radius 2 is 1.55 bits per heavy atom. The van der Waals surface area contributed by atoms with Crippen LogP contribution in [0.5, 0.6) is 0 Å². The zero-order valence-electron chi connectivity index (χ0n) is 17.5. The van der Waals surface area contributed by atoms with Crippen molar-refractivity contribution < 1.29 is 4.79 Å². The molecule has 0 unspecified atom stereocenters. The molecule has 0 aliphatic rings. The standard InChI is InChI=1S/C23H31ClN4O/c1-4-6-16-28(17-7-5-2)22(25-20-12-8-18(3)9-13-20)27-23(29)26-21-14-10-19(24)11-15-21/h8-15H,4-7,16-17H2,1-3H3,(H2,25,26,27,29). The molecule has 0 fully saturated rings. The Kier molecular flexibility index (Phi) is 9.51. The van der Waals surface area contributed by atoms with Gasteiger partial charge in [0.1, 0.15) is 0 Å². The number of aliphatic imine (C=N–C) groups is 1. The molecule has 0 aliphatic heterocycles. The minimum atomic E-state index is -0.323. The molecule has 156 valence electrons. The van der Waals surface area contributed by atoms with Crippen molar-refractivity contribution in [2.45, 2.75) is 46.5 Å².